The molecule has 7 nitrogen and oxygen atoms in total. The van der Waals surface area contributed by atoms with E-state index in [1.807, 2.05) is 72.4 Å². The molecule has 176 valence electrons. The standard InChI is InChI=1S/C27H24N4O3S/c1-30(2)17-10-12-18(13-11-17)31-25(24(29-27(31)35)21-9-5-6-16-28-21)23-15-14-22(34-23)19-7-3-4-8-20(19)26(32)33/h3-16,24-25H,1-2H3,(H,29,35)(H,32,33). The summed E-state index contributed by atoms with van der Waals surface area (Å²) in [5.74, 6) is 0.134. The average Bonchev–Trinajstić information content (AvgIpc) is 3.49. The molecule has 8 heteroatoms. The summed E-state index contributed by atoms with van der Waals surface area (Å²) in [7, 11) is 3.99. The highest BCUT2D eigenvalue weighted by Gasteiger charge is 2.42. The van der Waals surface area contributed by atoms with Crippen molar-refractivity contribution in [1.29, 1.82) is 0 Å². The molecule has 1 aliphatic rings. The number of thiocarbonyl (C=S) groups is 1. The highest BCUT2D eigenvalue weighted by atomic mass is 32.1. The molecule has 1 fully saturated rings. The highest BCUT2D eigenvalue weighted by Crippen LogP contribution is 2.43. The molecule has 0 radical (unpaired) electrons. The molecule has 1 aliphatic heterocycles. The minimum absolute atomic E-state index is 0.186. The lowest BCUT2D eigenvalue weighted by Crippen LogP contribution is -2.29. The second-order valence-corrected chi connectivity index (χ2v) is 8.85. The van der Waals surface area contributed by atoms with E-state index in [0.29, 0.717) is 22.2 Å². The fourth-order valence-electron chi connectivity index (χ4n) is 4.37. The van der Waals surface area contributed by atoms with Crippen LogP contribution in [0.4, 0.5) is 11.4 Å². The van der Waals surface area contributed by atoms with Crippen LogP contribution in [-0.2, 0) is 0 Å². The van der Waals surface area contributed by atoms with Crippen molar-refractivity contribution < 1.29 is 14.3 Å². The van der Waals surface area contributed by atoms with Crippen LogP contribution in [0.15, 0.2) is 89.5 Å². The summed E-state index contributed by atoms with van der Waals surface area (Å²) in [5, 5.41) is 13.6. The van der Waals surface area contributed by atoms with Crippen LogP contribution < -0.4 is 15.1 Å². The zero-order valence-corrected chi connectivity index (χ0v) is 20.1. The first-order valence-corrected chi connectivity index (χ1v) is 11.6. The van der Waals surface area contributed by atoms with E-state index in [1.54, 1.807) is 36.5 Å². The van der Waals surface area contributed by atoms with E-state index in [0.717, 1.165) is 17.1 Å². The Morgan fingerprint density at radius 3 is 2.46 bits per heavy atom. The monoisotopic (exact) mass is 484 g/mol. The van der Waals surface area contributed by atoms with Gasteiger partial charge in [-0.3, -0.25) is 4.98 Å². The molecule has 2 aromatic heterocycles. The molecular weight excluding hydrogens is 460 g/mol. The Morgan fingerprint density at radius 1 is 1.03 bits per heavy atom. The lowest BCUT2D eigenvalue weighted by molar-refractivity contribution is 0.0697. The lowest BCUT2D eigenvalue weighted by atomic mass is 10.0. The average molecular weight is 485 g/mol. The molecule has 2 atom stereocenters. The molecule has 0 aliphatic carbocycles. The SMILES string of the molecule is CN(C)c1ccc(N2C(=S)NC(c3ccccn3)C2c2ccc(-c3ccccc3C(=O)O)o2)cc1. The molecule has 0 saturated carbocycles. The number of hydrogen-bond acceptors (Lipinski definition) is 5. The first-order chi connectivity index (χ1) is 16.9. The summed E-state index contributed by atoms with van der Waals surface area (Å²) in [6.07, 6.45) is 1.75. The zero-order valence-electron chi connectivity index (χ0n) is 19.3. The molecule has 2 N–H and O–H groups in total. The number of nitrogens with zero attached hydrogens (tertiary/aromatic N) is 3. The number of carboxylic acid groups (broad SMARTS) is 1. The molecule has 0 bridgehead atoms. The molecule has 2 aromatic carbocycles. The Hall–Kier alpha value is -4.17. The lowest BCUT2D eigenvalue weighted by Gasteiger charge is -2.26. The van der Waals surface area contributed by atoms with Crippen LogP contribution in [0.5, 0.6) is 0 Å². The predicted molar refractivity (Wildman–Crippen MR) is 140 cm³/mol. The third-order valence-corrected chi connectivity index (χ3v) is 6.40. The number of carboxylic acids is 1. The number of aromatic carboxylic acids is 1. The minimum atomic E-state index is -1.00. The quantitative estimate of drug-likeness (QED) is 0.358. The van der Waals surface area contributed by atoms with Crippen molar-refractivity contribution in [1.82, 2.24) is 10.3 Å². The van der Waals surface area contributed by atoms with Crippen molar-refractivity contribution in [2.75, 3.05) is 23.9 Å². The van der Waals surface area contributed by atoms with Crippen LogP contribution in [-0.4, -0.2) is 35.3 Å². The van der Waals surface area contributed by atoms with Crippen molar-refractivity contribution in [3.05, 3.63) is 102 Å². The van der Waals surface area contributed by atoms with Gasteiger partial charge in [0.1, 0.15) is 17.6 Å². The van der Waals surface area contributed by atoms with Gasteiger partial charge in [0.25, 0.3) is 0 Å². The van der Waals surface area contributed by atoms with Gasteiger partial charge in [-0.25, -0.2) is 4.79 Å². The highest BCUT2D eigenvalue weighted by molar-refractivity contribution is 7.80. The van der Waals surface area contributed by atoms with Gasteiger partial charge in [-0.05, 0) is 66.8 Å². The van der Waals surface area contributed by atoms with Crippen LogP contribution in [0.1, 0.15) is 33.9 Å². The third kappa shape index (κ3) is 4.24. The van der Waals surface area contributed by atoms with E-state index in [-0.39, 0.29) is 17.6 Å². The first-order valence-electron chi connectivity index (χ1n) is 11.1. The van der Waals surface area contributed by atoms with Gasteiger partial charge in [-0.15, -0.1) is 0 Å². The number of carbonyl (C=O) groups is 1. The summed E-state index contributed by atoms with van der Waals surface area (Å²) in [5.41, 5.74) is 3.54. The number of rotatable bonds is 6. The summed E-state index contributed by atoms with van der Waals surface area (Å²) in [6.45, 7) is 0. The molecule has 1 saturated heterocycles. The Labute approximate surface area is 208 Å². The van der Waals surface area contributed by atoms with Crippen LogP contribution >= 0.6 is 12.2 Å². The van der Waals surface area contributed by atoms with Crippen LogP contribution in [0, 0.1) is 0 Å². The summed E-state index contributed by atoms with van der Waals surface area (Å²) in [6, 6.07) is 23.8. The summed E-state index contributed by atoms with van der Waals surface area (Å²) >= 11 is 5.77. The van der Waals surface area contributed by atoms with E-state index in [1.165, 1.54) is 0 Å². The van der Waals surface area contributed by atoms with Gasteiger partial charge in [-0.2, -0.15) is 0 Å². The number of furan rings is 1. The van der Waals surface area contributed by atoms with Gasteiger partial charge in [0, 0.05) is 37.2 Å². The van der Waals surface area contributed by atoms with Gasteiger partial charge in [0.05, 0.1) is 17.3 Å². The number of aromatic nitrogens is 1. The van der Waals surface area contributed by atoms with E-state index >= 15 is 0 Å². The smallest absolute Gasteiger partial charge is 0.336 e. The molecule has 35 heavy (non-hydrogen) atoms. The number of benzene rings is 2. The van der Waals surface area contributed by atoms with Gasteiger partial charge in [0.15, 0.2) is 5.11 Å². The maximum absolute atomic E-state index is 11.8. The molecule has 0 spiro atoms. The van der Waals surface area contributed by atoms with E-state index in [9.17, 15) is 9.90 Å². The number of anilines is 2. The van der Waals surface area contributed by atoms with Crippen molar-refractivity contribution in [3.63, 3.8) is 0 Å². The molecule has 0 amide bonds. The summed E-state index contributed by atoms with van der Waals surface area (Å²) < 4.78 is 6.32. The number of nitrogens with one attached hydrogen (secondary N) is 1. The van der Waals surface area contributed by atoms with Crippen molar-refractivity contribution in [2.45, 2.75) is 12.1 Å². The van der Waals surface area contributed by atoms with Crippen LogP contribution in [0.25, 0.3) is 11.3 Å². The van der Waals surface area contributed by atoms with Crippen LogP contribution in [0.3, 0.4) is 0 Å². The van der Waals surface area contributed by atoms with Gasteiger partial charge >= 0.3 is 5.97 Å². The van der Waals surface area contributed by atoms with E-state index in [4.69, 9.17) is 16.6 Å². The maximum Gasteiger partial charge on any atom is 0.336 e. The Bertz CT molecular complexity index is 1370. The molecule has 5 rings (SSSR count). The van der Waals surface area contributed by atoms with Crippen molar-refractivity contribution in [2.24, 2.45) is 0 Å². The fraction of sp³-hybridized carbons (Fsp3) is 0.148. The maximum atomic E-state index is 11.8. The fourth-order valence-corrected chi connectivity index (χ4v) is 4.72. The topological polar surface area (TPSA) is 81.8 Å². The minimum Gasteiger partial charge on any atom is -0.478 e. The van der Waals surface area contributed by atoms with Gasteiger partial charge in [0.2, 0.25) is 0 Å². The number of pyridine rings is 1. The van der Waals surface area contributed by atoms with Crippen molar-refractivity contribution >= 4 is 34.7 Å². The molecule has 4 aromatic rings. The van der Waals surface area contributed by atoms with Crippen molar-refractivity contribution in [3.8, 4) is 11.3 Å². The Morgan fingerprint density at radius 2 is 1.77 bits per heavy atom. The normalized spacial score (nSPS) is 17.3. The summed E-state index contributed by atoms with van der Waals surface area (Å²) in [4.78, 5) is 20.4. The Balaban J connectivity index is 1.60. The Kier molecular flexibility index (Phi) is 5.96. The second kappa shape index (κ2) is 9.23. The largest absolute Gasteiger partial charge is 0.478 e. The van der Waals surface area contributed by atoms with E-state index < -0.39 is 5.97 Å². The third-order valence-electron chi connectivity index (χ3n) is 6.08. The van der Waals surface area contributed by atoms with Crippen LogP contribution in [0.2, 0.25) is 0 Å². The van der Waals surface area contributed by atoms with Gasteiger partial charge in [-0.1, -0.05) is 24.3 Å². The molecular formula is C27H24N4O3S. The molecule has 3 heterocycles. The van der Waals surface area contributed by atoms with E-state index in [2.05, 4.69) is 10.3 Å². The van der Waals surface area contributed by atoms with Gasteiger partial charge < -0.3 is 24.6 Å². The molecule has 2 unspecified atom stereocenters. The first kappa shape index (κ1) is 22.6. The zero-order chi connectivity index (χ0) is 24.5. The predicted octanol–water partition coefficient (Wildman–Crippen LogP) is 5.28. The number of hydrogen-bond donors (Lipinski definition) is 2. The second-order valence-electron chi connectivity index (χ2n) is 8.46.